The molecule has 0 heterocycles. The predicted octanol–water partition coefficient (Wildman–Crippen LogP) is 4.68. The highest BCUT2D eigenvalue weighted by atomic mass is 32.1. The van der Waals surface area contributed by atoms with E-state index in [0.29, 0.717) is 12.1 Å². The molecule has 0 fully saturated rings. The first-order valence-electron chi connectivity index (χ1n) is 8.59. The smallest absolute Gasteiger partial charge is 0.416 e. The summed E-state index contributed by atoms with van der Waals surface area (Å²) in [7, 11) is 0. The van der Waals surface area contributed by atoms with E-state index in [1.165, 1.54) is 0 Å². The topological polar surface area (TPSA) is 85.9 Å². The van der Waals surface area contributed by atoms with Gasteiger partial charge in [0.2, 0.25) is 0 Å². The maximum absolute atomic E-state index is 14.3. The van der Waals surface area contributed by atoms with Crippen LogP contribution < -0.4 is 10.1 Å². The summed E-state index contributed by atoms with van der Waals surface area (Å²) in [4.78, 5) is 12.2. The van der Waals surface area contributed by atoms with Gasteiger partial charge in [-0.3, -0.25) is 4.79 Å². The van der Waals surface area contributed by atoms with Gasteiger partial charge in [-0.25, -0.2) is 13.2 Å². The Morgan fingerprint density at radius 3 is 2.28 bits per heavy atom. The normalized spacial score (nSPS) is 13.0. The molecule has 0 aromatic heterocycles. The van der Waals surface area contributed by atoms with E-state index in [1.54, 1.807) is 6.07 Å². The Balaban J connectivity index is 2.28. The Labute approximate surface area is 183 Å². The summed E-state index contributed by atoms with van der Waals surface area (Å²) >= 11 is 3.86. The number of hydrogen-bond donors (Lipinski definition) is 2. The lowest BCUT2D eigenvalue weighted by atomic mass is 10.0. The molecule has 2 rings (SSSR count). The summed E-state index contributed by atoms with van der Waals surface area (Å²) in [6.45, 7) is 1.35. The van der Waals surface area contributed by atoms with Gasteiger partial charge in [-0.1, -0.05) is 0 Å². The lowest BCUT2D eigenvalue weighted by molar-refractivity contribution is -0.137. The Morgan fingerprint density at radius 1 is 1.16 bits per heavy atom. The van der Waals surface area contributed by atoms with Gasteiger partial charge in [0, 0.05) is 10.5 Å². The van der Waals surface area contributed by atoms with Crippen LogP contribution in [0.1, 0.15) is 34.0 Å². The molecule has 0 aliphatic rings. The summed E-state index contributed by atoms with van der Waals surface area (Å²) in [6.07, 6.45) is -4.66. The molecule has 1 atom stereocenters. The number of hydrogen-bond acceptors (Lipinski definition) is 5. The molecule has 2 aromatic carbocycles. The molecule has 168 valence electrons. The van der Waals surface area contributed by atoms with Crippen molar-refractivity contribution in [2.75, 3.05) is 6.61 Å². The summed E-state index contributed by atoms with van der Waals surface area (Å²) in [5.41, 5.74) is -5.04. The van der Waals surface area contributed by atoms with Gasteiger partial charge in [-0.15, -0.1) is 12.6 Å². The van der Waals surface area contributed by atoms with E-state index < -0.39 is 64.1 Å². The van der Waals surface area contributed by atoms with Crippen LogP contribution in [-0.2, 0) is 6.18 Å². The van der Waals surface area contributed by atoms with Crippen LogP contribution in [0.2, 0.25) is 0 Å². The zero-order valence-corrected chi connectivity index (χ0v) is 17.3. The van der Waals surface area contributed by atoms with Gasteiger partial charge in [0.15, 0.2) is 28.7 Å². The highest BCUT2D eigenvalue weighted by molar-refractivity contribution is 7.80. The predicted molar refractivity (Wildman–Crippen MR) is 101 cm³/mol. The Hall–Kier alpha value is -3.38. The lowest BCUT2D eigenvalue weighted by Gasteiger charge is -2.25. The third-order valence-corrected chi connectivity index (χ3v) is 4.69. The van der Waals surface area contributed by atoms with E-state index in [-0.39, 0.29) is 10.5 Å². The lowest BCUT2D eigenvalue weighted by Crippen LogP contribution is -2.49. The number of nitrogens with one attached hydrogen (secondary N) is 1. The molecule has 1 N–H and O–H groups in total. The number of nitriles is 2. The first kappa shape index (κ1) is 24.9. The summed E-state index contributed by atoms with van der Waals surface area (Å²) in [5, 5.41) is 20.5. The van der Waals surface area contributed by atoms with Gasteiger partial charge in [-0.05, 0) is 32.0 Å². The summed E-state index contributed by atoms with van der Waals surface area (Å²) in [5.74, 6) is -6.53. The van der Waals surface area contributed by atoms with Crippen molar-refractivity contribution in [3.8, 4) is 17.9 Å². The third-order valence-electron chi connectivity index (χ3n) is 4.32. The average Bonchev–Trinajstić information content (AvgIpc) is 2.71. The number of thiol groups is 1. The highest BCUT2D eigenvalue weighted by Gasteiger charge is 2.33. The number of alkyl halides is 3. The van der Waals surface area contributed by atoms with Crippen LogP contribution in [0.3, 0.4) is 0 Å². The first-order valence-corrected chi connectivity index (χ1v) is 9.04. The summed E-state index contributed by atoms with van der Waals surface area (Å²) in [6, 6.07) is 4.98. The van der Waals surface area contributed by atoms with Crippen molar-refractivity contribution in [1.29, 1.82) is 10.5 Å². The van der Waals surface area contributed by atoms with Crippen molar-refractivity contribution in [3.05, 3.63) is 57.9 Å². The number of nitrogens with zero attached hydrogens (tertiary/aromatic N) is 2. The van der Waals surface area contributed by atoms with E-state index in [0.717, 1.165) is 26.0 Å². The number of benzene rings is 2. The van der Waals surface area contributed by atoms with Gasteiger partial charge in [0.25, 0.3) is 5.91 Å². The number of halogens is 6. The SMILES string of the molecule is Cc1c(F)c(F)c(C#N)c(F)c1OCC(C)(C#N)NC(=O)c1ccc(C(F)(F)F)cc1S. The molecule has 0 saturated heterocycles. The molecule has 0 radical (unpaired) electrons. The number of rotatable bonds is 5. The van der Waals surface area contributed by atoms with Gasteiger partial charge < -0.3 is 10.1 Å². The van der Waals surface area contributed by atoms with Crippen LogP contribution >= 0.6 is 12.6 Å². The fraction of sp³-hybridized carbons (Fsp3) is 0.250. The number of carbonyl (C=O) groups is 1. The number of ether oxygens (including phenoxy) is 1. The van der Waals surface area contributed by atoms with E-state index in [1.807, 2.05) is 0 Å². The zero-order valence-electron chi connectivity index (χ0n) is 16.4. The quantitative estimate of drug-likeness (QED) is 0.375. The molecule has 0 saturated carbocycles. The molecule has 32 heavy (non-hydrogen) atoms. The average molecular weight is 473 g/mol. The minimum atomic E-state index is -4.66. The van der Waals surface area contributed by atoms with Gasteiger partial charge in [0.1, 0.15) is 18.2 Å². The standard InChI is InChI=1S/C20H13F6N3O2S/c1-9-14(21)15(22)12(6-27)16(23)17(9)31-8-19(2,7-28)29-18(30)11-4-3-10(5-13(11)32)20(24,25)26/h3-5,32H,8H2,1-2H3,(H,29,30). The van der Waals surface area contributed by atoms with E-state index in [9.17, 15) is 36.4 Å². The van der Waals surface area contributed by atoms with Crippen LogP contribution in [0.15, 0.2) is 23.1 Å². The van der Waals surface area contributed by atoms with Crippen molar-refractivity contribution in [3.63, 3.8) is 0 Å². The molecule has 1 amide bonds. The van der Waals surface area contributed by atoms with Crippen LogP contribution in [0.25, 0.3) is 0 Å². The summed E-state index contributed by atoms with van der Waals surface area (Å²) < 4.78 is 85.3. The molecule has 1 unspecified atom stereocenters. The van der Waals surface area contributed by atoms with Gasteiger partial charge >= 0.3 is 6.18 Å². The second-order valence-electron chi connectivity index (χ2n) is 6.80. The van der Waals surface area contributed by atoms with E-state index >= 15 is 0 Å². The molecule has 0 spiro atoms. The molecule has 12 heteroatoms. The second kappa shape index (κ2) is 9.01. The van der Waals surface area contributed by atoms with Crippen LogP contribution in [0, 0.1) is 47.0 Å². The number of carbonyl (C=O) groups excluding carboxylic acids is 1. The molecule has 2 aromatic rings. The fourth-order valence-electron chi connectivity index (χ4n) is 2.55. The maximum atomic E-state index is 14.3. The largest absolute Gasteiger partial charge is 0.486 e. The first-order chi connectivity index (χ1) is 14.8. The van der Waals surface area contributed by atoms with E-state index in [2.05, 4.69) is 17.9 Å². The zero-order chi connectivity index (χ0) is 24.4. The van der Waals surface area contributed by atoms with Crippen LogP contribution in [0.4, 0.5) is 26.3 Å². The molecular formula is C20H13F6N3O2S. The van der Waals surface area contributed by atoms with Crippen molar-refractivity contribution in [2.45, 2.75) is 30.5 Å². The molecular weight excluding hydrogens is 460 g/mol. The highest BCUT2D eigenvalue weighted by Crippen LogP contribution is 2.32. The van der Waals surface area contributed by atoms with Crippen LogP contribution in [0.5, 0.6) is 5.75 Å². The fourth-order valence-corrected chi connectivity index (χ4v) is 2.86. The van der Waals surface area contributed by atoms with Gasteiger partial charge in [-0.2, -0.15) is 23.7 Å². The Morgan fingerprint density at radius 2 is 1.78 bits per heavy atom. The Bertz CT molecular complexity index is 1170. The molecule has 5 nitrogen and oxygen atoms in total. The minimum absolute atomic E-state index is 0.287. The minimum Gasteiger partial charge on any atom is -0.486 e. The van der Waals surface area contributed by atoms with Gasteiger partial charge in [0.05, 0.1) is 17.2 Å². The monoisotopic (exact) mass is 473 g/mol. The van der Waals surface area contributed by atoms with Crippen molar-refractivity contribution < 1.29 is 35.9 Å². The van der Waals surface area contributed by atoms with E-state index in [4.69, 9.17) is 10.00 Å². The van der Waals surface area contributed by atoms with Crippen molar-refractivity contribution in [2.24, 2.45) is 0 Å². The maximum Gasteiger partial charge on any atom is 0.416 e. The van der Waals surface area contributed by atoms with Crippen molar-refractivity contribution >= 4 is 18.5 Å². The molecule has 0 bridgehead atoms. The molecule has 0 aliphatic heterocycles. The second-order valence-corrected chi connectivity index (χ2v) is 7.28. The van der Waals surface area contributed by atoms with Crippen molar-refractivity contribution in [1.82, 2.24) is 5.32 Å². The molecule has 0 aliphatic carbocycles. The number of amides is 1. The third kappa shape index (κ3) is 4.92. The van der Waals surface area contributed by atoms with Crippen LogP contribution in [-0.4, -0.2) is 18.1 Å². The Kier molecular flexibility index (Phi) is 7.00.